The van der Waals surface area contributed by atoms with E-state index in [-0.39, 0.29) is 5.56 Å². The highest BCUT2D eigenvalue weighted by Gasteiger charge is 2.04. The average molecular weight is 282 g/mol. The van der Waals surface area contributed by atoms with Gasteiger partial charge < -0.3 is 10.4 Å². The predicted octanol–water partition coefficient (Wildman–Crippen LogP) is 2.35. The Balaban J connectivity index is 1.76. The molecule has 106 valence electrons. The Morgan fingerprint density at radius 3 is 3.05 bits per heavy atom. The number of carboxylic acids is 1. The van der Waals surface area contributed by atoms with Crippen molar-refractivity contribution in [3.05, 3.63) is 59.5 Å². The molecule has 0 atom stereocenters. The van der Waals surface area contributed by atoms with Crippen LogP contribution in [0.5, 0.6) is 0 Å². The predicted molar refractivity (Wildman–Crippen MR) is 78.5 cm³/mol. The van der Waals surface area contributed by atoms with E-state index in [9.17, 15) is 4.79 Å². The Kier molecular flexibility index (Phi) is 3.27. The third kappa shape index (κ3) is 2.84. The monoisotopic (exact) mass is 282 g/mol. The number of nitrogens with zero attached hydrogens (tertiary/aromatic N) is 3. The van der Waals surface area contributed by atoms with Gasteiger partial charge in [-0.25, -0.2) is 14.3 Å². The summed E-state index contributed by atoms with van der Waals surface area (Å²) in [6.07, 6.45) is 3.69. The van der Waals surface area contributed by atoms with E-state index in [4.69, 9.17) is 5.11 Å². The van der Waals surface area contributed by atoms with Crippen LogP contribution in [0.2, 0.25) is 0 Å². The van der Waals surface area contributed by atoms with E-state index in [1.54, 1.807) is 28.9 Å². The summed E-state index contributed by atoms with van der Waals surface area (Å²) >= 11 is 0. The highest BCUT2D eigenvalue weighted by Crippen LogP contribution is 2.12. The minimum atomic E-state index is -0.936. The molecule has 2 N–H and O–H groups in total. The number of fused-ring (bicyclic) bond motifs is 1. The van der Waals surface area contributed by atoms with E-state index in [2.05, 4.69) is 15.4 Å². The molecule has 0 saturated carbocycles. The fraction of sp³-hybridized carbons (Fsp3) is 0.133. The zero-order chi connectivity index (χ0) is 14.8. The van der Waals surface area contributed by atoms with E-state index in [0.717, 1.165) is 22.6 Å². The lowest BCUT2D eigenvalue weighted by molar-refractivity contribution is 0.0697. The normalized spacial score (nSPS) is 10.7. The molecule has 1 aromatic carbocycles. The number of rotatable bonds is 4. The number of anilines is 1. The molecule has 0 saturated heterocycles. The Bertz CT molecular complexity index is 810. The fourth-order valence-electron chi connectivity index (χ4n) is 2.09. The third-order valence-corrected chi connectivity index (χ3v) is 3.10. The summed E-state index contributed by atoms with van der Waals surface area (Å²) in [7, 11) is 0. The molecule has 3 rings (SSSR count). The van der Waals surface area contributed by atoms with Crippen LogP contribution >= 0.6 is 0 Å². The Hall–Kier alpha value is -2.89. The lowest BCUT2D eigenvalue weighted by Gasteiger charge is -2.07. The van der Waals surface area contributed by atoms with Gasteiger partial charge in [-0.2, -0.15) is 5.10 Å². The highest BCUT2D eigenvalue weighted by atomic mass is 16.4. The second kappa shape index (κ2) is 5.24. The molecule has 2 heterocycles. The van der Waals surface area contributed by atoms with Crippen molar-refractivity contribution in [3.8, 4) is 0 Å². The molecule has 0 bridgehead atoms. The van der Waals surface area contributed by atoms with Crippen LogP contribution in [0.4, 0.5) is 5.69 Å². The highest BCUT2D eigenvalue weighted by molar-refractivity contribution is 5.88. The molecule has 2 aromatic heterocycles. The van der Waals surface area contributed by atoms with Crippen molar-refractivity contribution < 1.29 is 9.90 Å². The van der Waals surface area contributed by atoms with Gasteiger partial charge in [-0.1, -0.05) is 6.07 Å². The van der Waals surface area contributed by atoms with Crippen LogP contribution in [0.15, 0.2) is 42.7 Å². The van der Waals surface area contributed by atoms with Gasteiger partial charge in [-0.05, 0) is 25.1 Å². The summed E-state index contributed by atoms with van der Waals surface area (Å²) in [6.45, 7) is 2.47. The van der Waals surface area contributed by atoms with Crippen molar-refractivity contribution in [2.45, 2.75) is 13.5 Å². The number of nitrogens with one attached hydrogen (secondary N) is 1. The molecular formula is C15H14N4O2. The number of carboxylic acid groups (broad SMARTS) is 1. The Labute approximate surface area is 121 Å². The second-order valence-corrected chi connectivity index (χ2v) is 4.79. The minimum Gasteiger partial charge on any atom is -0.478 e. The molecule has 0 spiro atoms. The topological polar surface area (TPSA) is 79.5 Å². The first-order valence-electron chi connectivity index (χ1n) is 6.50. The standard InChI is InChI=1S/C15H14N4O2/c1-10-5-14-17-8-11(9-19(14)18-10)7-16-13-4-2-3-12(6-13)15(20)21/h2-6,8-9,16H,7H2,1H3,(H,20,21). The molecule has 0 unspecified atom stereocenters. The van der Waals surface area contributed by atoms with Gasteiger partial charge in [0.1, 0.15) is 0 Å². The maximum absolute atomic E-state index is 10.9. The second-order valence-electron chi connectivity index (χ2n) is 4.79. The number of benzene rings is 1. The van der Waals surface area contributed by atoms with Gasteiger partial charge >= 0.3 is 5.97 Å². The lowest BCUT2D eigenvalue weighted by Crippen LogP contribution is -2.04. The Morgan fingerprint density at radius 1 is 1.38 bits per heavy atom. The van der Waals surface area contributed by atoms with Crippen molar-refractivity contribution in [2.75, 3.05) is 5.32 Å². The molecular weight excluding hydrogens is 268 g/mol. The summed E-state index contributed by atoms with van der Waals surface area (Å²) < 4.78 is 1.74. The molecule has 3 aromatic rings. The number of hydrogen-bond donors (Lipinski definition) is 2. The number of aromatic nitrogens is 3. The number of hydrogen-bond acceptors (Lipinski definition) is 4. The summed E-state index contributed by atoms with van der Waals surface area (Å²) in [6, 6.07) is 8.62. The molecule has 0 aliphatic carbocycles. The van der Waals surface area contributed by atoms with E-state index in [1.807, 2.05) is 25.3 Å². The van der Waals surface area contributed by atoms with Crippen LogP contribution in [0.1, 0.15) is 21.6 Å². The quantitative estimate of drug-likeness (QED) is 0.768. The summed E-state index contributed by atoms with van der Waals surface area (Å²) in [4.78, 5) is 15.3. The maximum atomic E-state index is 10.9. The van der Waals surface area contributed by atoms with E-state index in [1.165, 1.54) is 0 Å². The van der Waals surface area contributed by atoms with Crippen molar-refractivity contribution in [3.63, 3.8) is 0 Å². The first-order chi connectivity index (χ1) is 10.1. The van der Waals surface area contributed by atoms with Gasteiger partial charge in [0, 0.05) is 36.3 Å². The smallest absolute Gasteiger partial charge is 0.335 e. The van der Waals surface area contributed by atoms with Gasteiger partial charge in [0.15, 0.2) is 5.65 Å². The van der Waals surface area contributed by atoms with Gasteiger partial charge in [0.2, 0.25) is 0 Å². The van der Waals surface area contributed by atoms with Gasteiger partial charge in [0.25, 0.3) is 0 Å². The molecule has 0 amide bonds. The van der Waals surface area contributed by atoms with Gasteiger partial charge in [-0.3, -0.25) is 0 Å². The van der Waals surface area contributed by atoms with Crippen molar-refractivity contribution in [2.24, 2.45) is 0 Å². The van der Waals surface area contributed by atoms with E-state index in [0.29, 0.717) is 6.54 Å². The molecule has 0 radical (unpaired) electrons. The van der Waals surface area contributed by atoms with Crippen LogP contribution in [-0.2, 0) is 6.54 Å². The minimum absolute atomic E-state index is 0.260. The van der Waals surface area contributed by atoms with Crippen LogP contribution < -0.4 is 5.32 Å². The van der Waals surface area contributed by atoms with Crippen LogP contribution in [0, 0.1) is 6.92 Å². The van der Waals surface area contributed by atoms with Crippen molar-refractivity contribution in [1.82, 2.24) is 14.6 Å². The summed E-state index contributed by atoms with van der Waals surface area (Å²) in [5.41, 5.74) is 3.71. The van der Waals surface area contributed by atoms with Crippen molar-refractivity contribution >= 4 is 17.3 Å². The summed E-state index contributed by atoms with van der Waals surface area (Å²) in [5, 5.41) is 16.5. The number of carbonyl (C=O) groups is 1. The molecule has 0 aliphatic heterocycles. The first-order valence-corrected chi connectivity index (χ1v) is 6.50. The number of aromatic carboxylic acids is 1. The van der Waals surface area contributed by atoms with Gasteiger partial charge in [-0.15, -0.1) is 0 Å². The van der Waals surface area contributed by atoms with Crippen molar-refractivity contribution in [1.29, 1.82) is 0 Å². The van der Waals surface area contributed by atoms with Crippen LogP contribution in [0.25, 0.3) is 5.65 Å². The maximum Gasteiger partial charge on any atom is 0.335 e. The van der Waals surface area contributed by atoms with E-state index >= 15 is 0 Å². The lowest BCUT2D eigenvalue weighted by atomic mass is 10.2. The molecule has 0 aliphatic rings. The Morgan fingerprint density at radius 2 is 2.24 bits per heavy atom. The summed E-state index contributed by atoms with van der Waals surface area (Å²) in [5.74, 6) is -0.936. The zero-order valence-electron chi connectivity index (χ0n) is 11.4. The molecule has 21 heavy (non-hydrogen) atoms. The average Bonchev–Trinajstić information content (AvgIpc) is 2.84. The first kappa shape index (κ1) is 13.1. The number of aryl methyl sites for hydroxylation is 1. The molecule has 6 nitrogen and oxygen atoms in total. The van der Waals surface area contributed by atoms with Gasteiger partial charge in [0.05, 0.1) is 11.3 Å². The SMILES string of the molecule is Cc1cc2ncc(CNc3cccc(C(=O)O)c3)cn2n1. The fourth-order valence-corrected chi connectivity index (χ4v) is 2.09. The largest absolute Gasteiger partial charge is 0.478 e. The van der Waals surface area contributed by atoms with E-state index < -0.39 is 5.97 Å². The molecule has 6 heteroatoms. The third-order valence-electron chi connectivity index (χ3n) is 3.10. The van der Waals surface area contributed by atoms with Crippen LogP contribution in [0.3, 0.4) is 0 Å². The van der Waals surface area contributed by atoms with Crippen LogP contribution in [-0.4, -0.2) is 25.7 Å². The molecule has 0 fully saturated rings. The zero-order valence-corrected chi connectivity index (χ0v) is 11.4.